The lowest BCUT2D eigenvalue weighted by molar-refractivity contribution is -0.118. The van der Waals surface area contributed by atoms with Gasteiger partial charge in [-0.25, -0.2) is 0 Å². The molecule has 6 nitrogen and oxygen atoms in total. The molecule has 0 unspecified atom stereocenters. The highest BCUT2D eigenvalue weighted by Gasteiger charge is 2.18. The van der Waals surface area contributed by atoms with Crippen molar-refractivity contribution in [2.45, 2.75) is 38.3 Å². The maximum Gasteiger partial charge on any atom is 0.248 e. The minimum atomic E-state index is -0.433. The fourth-order valence-electron chi connectivity index (χ4n) is 4.20. The zero-order valence-electron chi connectivity index (χ0n) is 16.4. The van der Waals surface area contributed by atoms with E-state index in [2.05, 4.69) is 28.1 Å². The maximum absolute atomic E-state index is 11.5. The largest absolute Gasteiger partial charge is 0.370 e. The number of nitrogens with one attached hydrogen (secondary N) is 1. The Kier molecular flexibility index (Phi) is 5.36. The Morgan fingerprint density at radius 2 is 1.90 bits per heavy atom. The van der Waals surface area contributed by atoms with Crippen LogP contribution in [0.4, 0.5) is 0 Å². The third-order valence-electron chi connectivity index (χ3n) is 5.67. The molecule has 0 spiro atoms. The van der Waals surface area contributed by atoms with Crippen LogP contribution in [0, 0.1) is 0 Å². The van der Waals surface area contributed by atoms with E-state index < -0.39 is 5.91 Å². The Hall–Kier alpha value is -3.12. The van der Waals surface area contributed by atoms with Gasteiger partial charge in [0.2, 0.25) is 11.8 Å². The predicted molar refractivity (Wildman–Crippen MR) is 114 cm³/mol. The summed E-state index contributed by atoms with van der Waals surface area (Å²) in [5.41, 5.74) is 15.6. The van der Waals surface area contributed by atoms with Crippen LogP contribution in [0.3, 0.4) is 0 Å². The molecule has 0 aliphatic carbocycles. The van der Waals surface area contributed by atoms with E-state index in [4.69, 9.17) is 11.5 Å². The van der Waals surface area contributed by atoms with Crippen molar-refractivity contribution in [2.24, 2.45) is 11.5 Å². The molecule has 3 aromatic rings. The summed E-state index contributed by atoms with van der Waals surface area (Å²) in [6.07, 6.45) is 3.62. The summed E-state index contributed by atoms with van der Waals surface area (Å²) in [7, 11) is 0. The van der Waals surface area contributed by atoms with Gasteiger partial charge in [-0.05, 0) is 60.8 Å². The fraction of sp³-hybridized carbons (Fsp3) is 0.304. The number of nitrogens with zero attached hydrogens (tertiary/aromatic N) is 1. The first-order valence-electron chi connectivity index (χ1n) is 10.1. The number of nitrogens with two attached hydrogens (primary N) is 2. The molecule has 29 heavy (non-hydrogen) atoms. The number of primary amides is 2. The van der Waals surface area contributed by atoms with Crippen LogP contribution in [-0.2, 0) is 17.8 Å². The molecule has 2 aromatic carbocycles. The third-order valence-corrected chi connectivity index (χ3v) is 5.67. The number of aryl methyl sites for hydroxylation is 1. The van der Waals surface area contributed by atoms with E-state index in [1.54, 1.807) is 6.07 Å². The fourth-order valence-corrected chi connectivity index (χ4v) is 4.20. The summed E-state index contributed by atoms with van der Waals surface area (Å²) in [4.78, 5) is 22.9. The number of amides is 2. The zero-order valence-corrected chi connectivity index (χ0v) is 16.4. The lowest BCUT2D eigenvalue weighted by Crippen LogP contribution is -2.25. The second kappa shape index (κ2) is 8.09. The molecule has 2 heterocycles. The molecule has 1 saturated heterocycles. The van der Waals surface area contributed by atoms with E-state index >= 15 is 0 Å². The molecule has 1 atom stereocenters. The van der Waals surface area contributed by atoms with Gasteiger partial charge in [0, 0.05) is 47.6 Å². The third kappa shape index (κ3) is 4.17. The van der Waals surface area contributed by atoms with Gasteiger partial charge in [-0.15, -0.1) is 0 Å². The van der Waals surface area contributed by atoms with Crippen molar-refractivity contribution in [3.05, 3.63) is 59.8 Å². The van der Waals surface area contributed by atoms with E-state index in [1.807, 2.05) is 24.3 Å². The Bertz CT molecular complexity index is 1060. The first-order chi connectivity index (χ1) is 14.0. The molecule has 1 aliphatic rings. The zero-order chi connectivity index (χ0) is 20.4. The average Bonchev–Trinajstić information content (AvgIpc) is 3.33. The van der Waals surface area contributed by atoms with Crippen LogP contribution >= 0.6 is 0 Å². The number of hydrogen-bond donors (Lipinski definition) is 3. The van der Waals surface area contributed by atoms with Gasteiger partial charge in [0.1, 0.15) is 0 Å². The predicted octanol–water partition coefficient (Wildman–Crippen LogP) is 2.58. The molecule has 0 bridgehead atoms. The molecule has 1 aromatic heterocycles. The molecule has 0 saturated carbocycles. The van der Waals surface area contributed by atoms with E-state index in [0.717, 1.165) is 35.0 Å². The van der Waals surface area contributed by atoms with Crippen LogP contribution in [0.5, 0.6) is 0 Å². The second-order valence-corrected chi connectivity index (χ2v) is 7.72. The lowest BCUT2D eigenvalue weighted by Gasteiger charge is -2.14. The summed E-state index contributed by atoms with van der Waals surface area (Å²) in [5, 5.41) is 4.66. The van der Waals surface area contributed by atoms with Crippen molar-refractivity contribution >= 4 is 22.7 Å². The standard InChI is InChI=1S/C23H26N4O2/c24-22(28)8-10-27-20(14-19-5-2-9-26-19)13-18-12-16(6-7-21(18)27)15-3-1-4-17(11-15)23(25)29/h1,3-4,6-7,11-13,19,26H,2,5,8-10,14H2,(H2,24,28)(H2,25,29)/t19-/m1/s1. The molecule has 0 radical (unpaired) electrons. The van der Waals surface area contributed by atoms with Crippen LogP contribution < -0.4 is 16.8 Å². The number of carbonyl (C=O) groups is 2. The molecular weight excluding hydrogens is 364 g/mol. The quantitative estimate of drug-likeness (QED) is 0.578. The highest BCUT2D eigenvalue weighted by Crippen LogP contribution is 2.29. The minimum Gasteiger partial charge on any atom is -0.370 e. The lowest BCUT2D eigenvalue weighted by atomic mass is 10.0. The van der Waals surface area contributed by atoms with Crippen LogP contribution in [-0.4, -0.2) is 29.0 Å². The van der Waals surface area contributed by atoms with Gasteiger partial charge in [-0.2, -0.15) is 0 Å². The number of rotatable bonds is 7. The van der Waals surface area contributed by atoms with Gasteiger partial charge in [0.25, 0.3) is 0 Å². The summed E-state index contributed by atoms with van der Waals surface area (Å²) in [6, 6.07) is 16.3. The monoisotopic (exact) mass is 390 g/mol. The van der Waals surface area contributed by atoms with E-state index in [-0.39, 0.29) is 5.91 Å². The first-order valence-corrected chi connectivity index (χ1v) is 10.1. The highest BCUT2D eigenvalue weighted by molar-refractivity contribution is 5.94. The summed E-state index contributed by atoms with van der Waals surface area (Å²) < 4.78 is 2.21. The topological polar surface area (TPSA) is 103 Å². The molecule has 150 valence electrons. The summed E-state index contributed by atoms with van der Waals surface area (Å²) >= 11 is 0. The van der Waals surface area contributed by atoms with Crippen molar-refractivity contribution in [3.63, 3.8) is 0 Å². The summed E-state index contributed by atoms with van der Waals surface area (Å²) in [6.45, 7) is 1.64. The highest BCUT2D eigenvalue weighted by atomic mass is 16.1. The molecule has 2 amide bonds. The van der Waals surface area contributed by atoms with Crippen LogP contribution in [0.1, 0.15) is 35.3 Å². The van der Waals surface area contributed by atoms with E-state index in [0.29, 0.717) is 24.6 Å². The normalized spacial score (nSPS) is 16.3. The Morgan fingerprint density at radius 3 is 2.62 bits per heavy atom. The van der Waals surface area contributed by atoms with Gasteiger partial charge in [-0.3, -0.25) is 9.59 Å². The SMILES string of the molecule is NC(=O)CCn1c(C[C@H]2CCCN2)cc2cc(-c3cccc(C(N)=O)c3)ccc21. The minimum absolute atomic E-state index is 0.295. The van der Waals surface area contributed by atoms with Gasteiger partial charge in [0.15, 0.2) is 0 Å². The summed E-state index contributed by atoms with van der Waals surface area (Å²) in [5.74, 6) is -0.728. The maximum atomic E-state index is 11.5. The number of carbonyl (C=O) groups excluding carboxylic acids is 2. The van der Waals surface area contributed by atoms with Gasteiger partial charge < -0.3 is 21.4 Å². The van der Waals surface area contributed by atoms with Crippen LogP contribution in [0.15, 0.2) is 48.5 Å². The molecule has 4 rings (SSSR count). The Morgan fingerprint density at radius 1 is 1.07 bits per heavy atom. The number of aromatic nitrogens is 1. The van der Waals surface area contributed by atoms with E-state index in [9.17, 15) is 9.59 Å². The van der Waals surface area contributed by atoms with Crippen molar-refractivity contribution in [2.75, 3.05) is 6.54 Å². The van der Waals surface area contributed by atoms with Crippen molar-refractivity contribution in [1.82, 2.24) is 9.88 Å². The molecular formula is C23H26N4O2. The smallest absolute Gasteiger partial charge is 0.248 e. The Labute approximate surface area is 169 Å². The number of hydrogen-bond acceptors (Lipinski definition) is 3. The van der Waals surface area contributed by atoms with Gasteiger partial charge >= 0.3 is 0 Å². The number of fused-ring (bicyclic) bond motifs is 1. The molecule has 1 fully saturated rings. The molecule has 5 N–H and O–H groups in total. The van der Waals surface area contributed by atoms with Crippen molar-refractivity contribution < 1.29 is 9.59 Å². The molecule has 6 heteroatoms. The van der Waals surface area contributed by atoms with Crippen LogP contribution in [0.2, 0.25) is 0 Å². The van der Waals surface area contributed by atoms with Crippen molar-refractivity contribution in [3.8, 4) is 11.1 Å². The van der Waals surface area contributed by atoms with Gasteiger partial charge in [0.05, 0.1) is 0 Å². The number of benzene rings is 2. The van der Waals surface area contributed by atoms with Crippen LogP contribution in [0.25, 0.3) is 22.0 Å². The van der Waals surface area contributed by atoms with Crippen molar-refractivity contribution in [1.29, 1.82) is 0 Å². The molecule has 1 aliphatic heterocycles. The first kappa shape index (κ1) is 19.2. The average molecular weight is 390 g/mol. The van der Waals surface area contributed by atoms with E-state index in [1.165, 1.54) is 18.5 Å². The Balaban J connectivity index is 1.72. The second-order valence-electron chi connectivity index (χ2n) is 7.72. The van der Waals surface area contributed by atoms with Gasteiger partial charge in [-0.1, -0.05) is 18.2 Å².